The van der Waals surface area contributed by atoms with Gasteiger partial charge in [-0.1, -0.05) is 42.5 Å². The fourth-order valence-corrected chi connectivity index (χ4v) is 2.67. The molecule has 0 amide bonds. The van der Waals surface area contributed by atoms with Gasteiger partial charge in [0.25, 0.3) is 0 Å². The summed E-state index contributed by atoms with van der Waals surface area (Å²) in [6.45, 7) is 0. The maximum atomic E-state index is 8.98. The summed E-state index contributed by atoms with van der Waals surface area (Å²) in [5, 5.41) is 12.9. The van der Waals surface area contributed by atoms with Crippen LogP contribution < -0.4 is 4.65 Å². The second-order valence-corrected chi connectivity index (χ2v) is 4.62. The molecule has 4 aromatic rings. The molecule has 3 nitrogen and oxygen atoms in total. The number of furan rings is 1. The maximum Gasteiger partial charge on any atom is 0.569 e. The fraction of sp³-hybridized carbons (Fsp3) is 0. The lowest BCUT2D eigenvalue weighted by Crippen LogP contribution is -2.00. The van der Waals surface area contributed by atoms with Crippen LogP contribution in [0.2, 0.25) is 0 Å². The molecule has 1 heterocycles. The number of rotatable bonds is 2. The molecule has 0 bridgehead atoms. The van der Waals surface area contributed by atoms with E-state index >= 15 is 0 Å². The highest BCUT2D eigenvalue weighted by Gasteiger charge is 2.15. The van der Waals surface area contributed by atoms with Crippen LogP contribution in [0, 0.1) is 0 Å². The van der Waals surface area contributed by atoms with Gasteiger partial charge in [0.1, 0.15) is 16.9 Å². The average molecular weight is 261 g/mol. The predicted octanol–water partition coefficient (Wildman–Crippen LogP) is 3.64. The van der Waals surface area contributed by atoms with Gasteiger partial charge in [-0.15, -0.1) is 0 Å². The molecule has 20 heavy (non-hydrogen) atoms. The molecule has 1 radical (unpaired) electrons. The van der Waals surface area contributed by atoms with E-state index in [9.17, 15) is 0 Å². The minimum atomic E-state index is 0.589. The molecule has 0 saturated heterocycles. The van der Waals surface area contributed by atoms with Gasteiger partial charge in [-0.2, -0.15) is 0 Å². The molecular formula is C16H10BO3. The van der Waals surface area contributed by atoms with Crippen LogP contribution in [0.4, 0.5) is 0 Å². The first kappa shape index (κ1) is 11.4. The Morgan fingerprint density at radius 3 is 2.55 bits per heavy atom. The highest BCUT2D eigenvalue weighted by Crippen LogP contribution is 2.40. The van der Waals surface area contributed by atoms with E-state index in [2.05, 4.69) is 0 Å². The Kier molecular flexibility index (Phi) is 2.44. The second-order valence-electron chi connectivity index (χ2n) is 4.62. The highest BCUT2D eigenvalue weighted by molar-refractivity contribution is 6.22. The zero-order chi connectivity index (χ0) is 13.5. The van der Waals surface area contributed by atoms with Crippen LogP contribution >= 0.6 is 0 Å². The zero-order valence-corrected chi connectivity index (χ0v) is 10.5. The SMILES string of the molecule is O[B]Oc1cc2ccccc2c2oc3ccccc3c12. The molecule has 0 aliphatic carbocycles. The van der Waals surface area contributed by atoms with E-state index in [1.807, 2.05) is 54.6 Å². The average Bonchev–Trinajstić information content (AvgIpc) is 2.87. The molecule has 0 spiro atoms. The van der Waals surface area contributed by atoms with Gasteiger partial charge in [-0.25, -0.2) is 0 Å². The van der Waals surface area contributed by atoms with Crippen LogP contribution in [-0.2, 0) is 0 Å². The molecule has 3 aromatic carbocycles. The molecule has 0 aliphatic rings. The smallest absolute Gasteiger partial charge is 0.537 e. The number of hydrogen-bond acceptors (Lipinski definition) is 3. The summed E-state index contributed by atoms with van der Waals surface area (Å²) < 4.78 is 11.2. The van der Waals surface area contributed by atoms with E-state index in [0.717, 1.165) is 32.7 Å². The van der Waals surface area contributed by atoms with Crippen LogP contribution in [0.3, 0.4) is 0 Å². The van der Waals surface area contributed by atoms with Crippen molar-refractivity contribution in [1.29, 1.82) is 0 Å². The Bertz CT molecular complexity index is 927. The van der Waals surface area contributed by atoms with Gasteiger partial charge in [-0.05, 0) is 17.5 Å². The quantitative estimate of drug-likeness (QED) is 0.560. The van der Waals surface area contributed by atoms with Crippen molar-refractivity contribution in [3.8, 4) is 5.75 Å². The lowest BCUT2D eigenvalue weighted by molar-refractivity contribution is 0.457. The molecular weight excluding hydrogens is 251 g/mol. The van der Waals surface area contributed by atoms with Crippen molar-refractivity contribution in [1.82, 2.24) is 0 Å². The Morgan fingerprint density at radius 2 is 1.70 bits per heavy atom. The van der Waals surface area contributed by atoms with Crippen LogP contribution in [0.1, 0.15) is 0 Å². The first-order chi connectivity index (χ1) is 9.88. The number of fused-ring (bicyclic) bond motifs is 5. The fourth-order valence-electron chi connectivity index (χ4n) is 2.67. The van der Waals surface area contributed by atoms with Crippen LogP contribution in [0.5, 0.6) is 5.75 Å². The van der Waals surface area contributed by atoms with Crippen molar-refractivity contribution < 1.29 is 14.1 Å². The summed E-state index contributed by atoms with van der Waals surface area (Å²) in [5.74, 6) is 0.589. The van der Waals surface area contributed by atoms with Gasteiger partial charge < -0.3 is 14.1 Å². The standard InChI is InChI=1S/C16H10BO3/c18-17-20-14-9-10-5-1-2-6-11(10)16-15(14)12-7-3-4-8-13(12)19-16/h1-9,18H. The van der Waals surface area contributed by atoms with Crippen molar-refractivity contribution in [2.24, 2.45) is 0 Å². The summed E-state index contributed by atoms with van der Waals surface area (Å²) in [4.78, 5) is 0. The molecule has 95 valence electrons. The lowest BCUT2D eigenvalue weighted by Gasteiger charge is -2.06. The summed E-state index contributed by atoms with van der Waals surface area (Å²) in [6.07, 6.45) is 0. The molecule has 0 atom stereocenters. The van der Waals surface area contributed by atoms with E-state index in [4.69, 9.17) is 14.1 Å². The van der Waals surface area contributed by atoms with Gasteiger partial charge >= 0.3 is 7.69 Å². The van der Waals surface area contributed by atoms with Crippen LogP contribution in [-0.4, -0.2) is 12.7 Å². The van der Waals surface area contributed by atoms with Gasteiger partial charge in [-0.3, -0.25) is 0 Å². The van der Waals surface area contributed by atoms with Crippen molar-refractivity contribution in [3.05, 3.63) is 54.6 Å². The first-order valence-corrected chi connectivity index (χ1v) is 6.34. The molecule has 0 unspecified atom stereocenters. The monoisotopic (exact) mass is 261 g/mol. The van der Waals surface area contributed by atoms with Crippen molar-refractivity contribution in [2.45, 2.75) is 0 Å². The predicted molar refractivity (Wildman–Crippen MR) is 79.8 cm³/mol. The third-order valence-electron chi connectivity index (χ3n) is 3.51. The van der Waals surface area contributed by atoms with E-state index in [0.29, 0.717) is 13.4 Å². The molecule has 1 N–H and O–H groups in total. The second kappa shape index (κ2) is 4.29. The minimum absolute atomic E-state index is 0.589. The van der Waals surface area contributed by atoms with Gasteiger partial charge in [0.2, 0.25) is 0 Å². The van der Waals surface area contributed by atoms with E-state index in [1.165, 1.54) is 0 Å². The molecule has 0 saturated carbocycles. The summed E-state index contributed by atoms with van der Waals surface area (Å²) in [6, 6.07) is 17.7. The van der Waals surface area contributed by atoms with Crippen LogP contribution in [0.15, 0.2) is 59.0 Å². The Balaban J connectivity index is 2.26. The highest BCUT2D eigenvalue weighted by atomic mass is 16.5. The van der Waals surface area contributed by atoms with Gasteiger partial charge in [0.05, 0.1) is 5.39 Å². The Labute approximate surface area is 115 Å². The Morgan fingerprint density at radius 1 is 0.950 bits per heavy atom. The van der Waals surface area contributed by atoms with E-state index in [1.54, 1.807) is 0 Å². The van der Waals surface area contributed by atoms with Gasteiger partial charge in [0.15, 0.2) is 0 Å². The zero-order valence-electron chi connectivity index (χ0n) is 10.5. The number of para-hydroxylation sites is 1. The molecule has 4 heteroatoms. The number of benzene rings is 3. The number of hydrogen-bond donors (Lipinski definition) is 1. The third-order valence-corrected chi connectivity index (χ3v) is 3.51. The molecule has 0 fully saturated rings. The Hall–Kier alpha value is -2.46. The summed E-state index contributed by atoms with van der Waals surface area (Å²) in [7, 11) is 0.700. The van der Waals surface area contributed by atoms with Crippen LogP contribution in [0.25, 0.3) is 32.7 Å². The molecule has 0 aliphatic heterocycles. The first-order valence-electron chi connectivity index (χ1n) is 6.34. The third kappa shape index (κ3) is 1.52. The topological polar surface area (TPSA) is 42.6 Å². The van der Waals surface area contributed by atoms with Crippen molar-refractivity contribution in [3.63, 3.8) is 0 Å². The van der Waals surface area contributed by atoms with E-state index < -0.39 is 0 Å². The largest absolute Gasteiger partial charge is 0.569 e. The molecule has 1 aromatic heterocycles. The van der Waals surface area contributed by atoms with Gasteiger partial charge in [0, 0.05) is 10.8 Å². The summed E-state index contributed by atoms with van der Waals surface area (Å²) >= 11 is 0. The van der Waals surface area contributed by atoms with Crippen molar-refractivity contribution in [2.75, 3.05) is 0 Å². The summed E-state index contributed by atoms with van der Waals surface area (Å²) in [5.41, 5.74) is 1.59. The lowest BCUT2D eigenvalue weighted by atomic mass is 10.0. The van der Waals surface area contributed by atoms with E-state index in [-0.39, 0.29) is 0 Å². The minimum Gasteiger partial charge on any atom is -0.537 e. The molecule has 4 rings (SSSR count). The van der Waals surface area contributed by atoms with Crippen molar-refractivity contribution >= 4 is 40.4 Å². The maximum absolute atomic E-state index is 8.98. The normalized spacial score (nSPS) is 11.2.